The molecule has 2 rings (SSSR count). The lowest BCUT2D eigenvalue weighted by Gasteiger charge is -2.33. The van der Waals surface area contributed by atoms with E-state index in [-0.39, 0.29) is 28.4 Å². The van der Waals surface area contributed by atoms with Crippen LogP contribution < -0.4 is 10.1 Å². The predicted molar refractivity (Wildman–Crippen MR) is 82.2 cm³/mol. The van der Waals surface area contributed by atoms with Crippen LogP contribution in [-0.4, -0.2) is 47.5 Å². The molecule has 1 aromatic carbocycles. The van der Waals surface area contributed by atoms with E-state index in [4.69, 9.17) is 16.3 Å². The molecule has 0 radical (unpaired) electrons. The minimum Gasteiger partial charge on any atom is -0.474 e. The summed E-state index contributed by atoms with van der Waals surface area (Å²) in [6.07, 6.45) is -0.801. The maximum Gasteiger partial charge on any atom is 0.312 e. The number of carbonyl (C=O) groups is 1. The third-order valence-electron chi connectivity index (χ3n) is 3.45. The van der Waals surface area contributed by atoms with E-state index in [1.807, 2.05) is 6.92 Å². The van der Waals surface area contributed by atoms with Crippen molar-refractivity contribution in [3.8, 4) is 5.75 Å². The fraction of sp³-hybridized carbons (Fsp3) is 0.500. The molecule has 2 unspecified atom stereocenters. The van der Waals surface area contributed by atoms with Crippen LogP contribution in [-0.2, 0) is 4.79 Å². The first-order valence-electron chi connectivity index (χ1n) is 7.01. The number of benzene rings is 1. The van der Waals surface area contributed by atoms with Crippen molar-refractivity contribution < 1.29 is 14.5 Å². The largest absolute Gasteiger partial charge is 0.474 e. The Morgan fingerprint density at radius 3 is 2.95 bits per heavy atom. The molecule has 1 fully saturated rings. The van der Waals surface area contributed by atoms with Gasteiger partial charge in [0.25, 0.3) is 5.91 Å². The number of halogens is 1. The van der Waals surface area contributed by atoms with Crippen molar-refractivity contribution >= 4 is 23.2 Å². The molecule has 8 heteroatoms. The fourth-order valence-electron chi connectivity index (χ4n) is 2.36. The third-order valence-corrected chi connectivity index (χ3v) is 3.68. The molecule has 2 atom stereocenters. The Labute approximate surface area is 133 Å². The Bertz CT molecular complexity index is 581. The Balaban J connectivity index is 2.10. The molecule has 120 valence electrons. The molecule has 0 bridgehead atoms. The van der Waals surface area contributed by atoms with Gasteiger partial charge in [0.1, 0.15) is 0 Å². The third kappa shape index (κ3) is 3.86. The van der Waals surface area contributed by atoms with Gasteiger partial charge in [0, 0.05) is 36.8 Å². The summed E-state index contributed by atoms with van der Waals surface area (Å²) in [5, 5.41) is 14.5. The highest BCUT2D eigenvalue weighted by molar-refractivity contribution is 6.30. The first-order chi connectivity index (χ1) is 10.4. The number of ether oxygens (including phenoxy) is 1. The van der Waals surface area contributed by atoms with Crippen LogP contribution in [0.2, 0.25) is 5.02 Å². The van der Waals surface area contributed by atoms with E-state index >= 15 is 0 Å². The summed E-state index contributed by atoms with van der Waals surface area (Å²) >= 11 is 5.76. The molecule has 7 nitrogen and oxygen atoms in total. The molecule has 0 aromatic heterocycles. The average molecular weight is 328 g/mol. The number of nitrogens with one attached hydrogen (secondary N) is 1. The quantitative estimate of drug-likeness (QED) is 0.673. The van der Waals surface area contributed by atoms with Crippen LogP contribution in [0.3, 0.4) is 0 Å². The minimum absolute atomic E-state index is 0.0402. The van der Waals surface area contributed by atoms with Crippen LogP contribution >= 0.6 is 11.6 Å². The van der Waals surface area contributed by atoms with Gasteiger partial charge < -0.3 is 15.0 Å². The second-order valence-electron chi connectivity index (χ2n) is 5.27. The predicted octanol–water partition coefficient (Wildman–Crippen LogP) is 1.84. The van der Waals surface area contributed by atoms with Crippen molar-refractivity contribution in [3.05, 3.63) is 33.3 Å². The summed E-state index contributed by atoms with van der Waals surface area (Å²) < 4.78 is 5.50. The summed E-state index contributed by atoms with van der Waals surface area (Å²) in [5.41, 5.74) is -0.249. The van der Waals surface area contributed by atoms with Gasteiger partial charge >= 0.3 is 5.69 Å². The number of nitro benzene ring substituents is 1. The molecular formula is C14H18ClN3O4. The maximum absolute atomic E-state index is 12.4. The standard InChI is InChI=1S/C14H18ClN3O4/c1-9-8-17(6-5-16-9)14(19)10(2)22-13-4-3-11(15)7-12(13)18(20)21/h3-4,7,9-10,16H,5-6,8H2,1-2H3. The lowest BCUT2D eigenvalue weighted by atomic mass is 10.2. The lowest BCUT2D eigenvalue weighted by molar-refractivity contribution is -0.386. The number of hydrogen-bond donors (Lipinski definition) is 1. The highest BCUT2D eigenvalue weighted by Gasteiger charge is 2.27. The Morgan fingerprint density at radius 1 is 1.59 bits per heavy atom. The van der Waals surface area contributed by atoms with Crippen LogP contribution in [0, 0.1) is 10.1 Å². The number of nitrogens with zero attached hydrogens (tertiary/aromatic N) is 2. The van der Waals surface area contributed by atoms with Gasteiger partial charge in [0.15, 0.2) is 11.9 Å². The van der Waals surface area contributed by atoms with E-state index in [2.05, 4.69) is 5.32 Å². The van der Waals surface area contributed by atoms with Crippen LogP contribution in [0.25, 0.3) is 0 Å². The minimum atomic E-state index is -0.801. The molecule has 22 heavy (non-hydrogen) atoms. The summed E-state index contributed by atoms with van der Waals surface area (Å²) in [7, 11) is 0. The summed E-state index contributed by atoms with van der Waals surface area (Å²) in [5.74, 6) is -0.143. The second-order valence-corrected chi connectivity index (χ2v) is 5.71. The number of hydrogen-bond acceptors (Lipinski definition) is 5. The van der Waals surface area contributed by atoms with E-state index in [0.717, 1.165) is 6.54 Å². The van der Waals surface area contributed by atoms with Crippen LogP contribution in [0.15, 0.2) is 18.2 Å². The second kappa shape index (κ2) is 6.93. The highest BCUT2D eigenvalue weighted by Crippen LogP contribution is 2.30. The average Bonchev–Trinajstić information content (AvgIpc) is 2.48. The molecule has 0 saturated carbocycles. The van der Waals surface area contributed by atoms with Crippen LogP contribution in [0.4, 0.5) is 5.69 Å². The van der Waals surface area contributed by atoms with Gasteiger partial charge in [-0.2, -0.15) is 0 Å². The van der Waals surface area contributed by atoms with E-state index in [0.29, 0.717) is 13.1 Å². The van der Waals surface area contributed by atoms with E-state index in [1.165, 1.54) is 18.2 Å². The smallest absolute Gasteiger partial charge is 0.312 e. The van der Waals surface area contributed by atoms with Crippen molar-refractivity contribution in [1.29, 1.82) is 0 Å². The molecule has 0 spiro atoms. The van der Waals surface area contributed by atoms with Gasteiger partial charge in [-0.05, 0) is 26.0 Å². The Kier molecular flexibility index (Phi) is 5.20. The molecule has 1 saturated heterocycles. The van der Waals surface area contributed by atoms with Gasteiger partial charge in [-0.3, -0.25) is 14.9 Å². The van der Waals surface area contributed by atoms with Crippen molar-refractivity contribution in [1.82, 2.24) is 10.2 Å². The molecular weight excluding hydrogens is 310 g/mol. The van der Waals surface area contributed by atoms with E-state index in [9.17, 15) is 14.9 Å². The fourth-order valence-corrected chi connectivity index (χ4v) is 2.53. The van der Waals surface area contributed by atoms with Gasteiger partial charge in [0.05, 0.1) is 4.92 Å². The molecule has 1 aliphatic rings. The first-order valence-corrected chi connectivity index (χ1v) is 7.39. The zero-order valence-electron chi connectivity index (χ0n) is 12.4. The molecule has 1 N–H and O–H groups in total. The van der Waals surface area contributed by atoms with Crippen molar-refractivity contribution in [2.45, 2.75) is 26.0 Å². The number of piperazine rings is 1. The van der Waals surface area contributed by atoms with Crippen LogP contribution in [0.1, 0.15) is 13.8 Å². The normalized spacial score (nSPS) is 19.6. The number of rotatable bonds is 4. The topological polar surface area (TPSA) is 84.7 Å². The van der Waals surface area contributed by atoms with Gasteiger partial charge in [0.2, 0.25) is 0 Å². The summed E-state index contributed by atoms with van der Waals surface area (Å²) in [6.45, 7) is 5.50. The number of nitro groups is 1. The number of carbonyl (C=O) groups excluding carboxylic acids is 1. The zero-order chi connectivity index (χ0) is 16.3. The Hall–Kier alpha value is -1.86. The summed E-state index contributed by atoms with van der Waals surface area (Å²) in [6, 6.07) is 4.33. The Morgan fingerprint density at radius 2 is 2.32 bits per heavy atom. The number of amides is 1. The van der Waals surface area contributed by atoms with E-state index < -0.39 is 11.0 Å². The van der Waals surface area contributed by atoms with Crippen molar-refractivity contribution in [2.24, 2.45) is 0 Å². The van der Waals surface area contributed by atoms with Crippen LogP contribution in [0.5, 0.6) is 5.75 Å². The van der Waals surface area contributed by atoms with Crippen molar-refractivity contribution in [3.63, 3.8) is 0 Å². The van der Waals surface area contributed by atoms with E-state index in [1.54, 1.807) is 11.8 Å². The monoisotopic (exact) mass is 327 g/mol. The summed E-state index contributed by atoms with van der Waals surface area (Å²) in [4.78, 5) is 24.5. The molecule has 1 heterocycles. The molecule has 1 aliphatic heterocycles. The van der Waals surface area contributed by atoms with Gasteiger partial charge in [-0.1, -0.05) is 11.6 Å². The zero-order valence-corrected chi connectivity index (χ0v) is 13.2. The first kappa shape index (κ1) is 16.5. The SMILES string of the molecule is CC1CN(C(=O)C(C)Oc2ccc(Cl)cc2[N+](=O)[O-])CCN1. The highest BCUT2D eigenvalue weighted by atomic mass is 35.5. The lowest BCUT2D eigenvalue weighted by Crippen LogP contribution is -2.54. The van der Waals surface area contributed by atoms with Crippen molar-refractivity contribution in [2.75, 3.05) is 19.6 Å². The van der Waals surface area contributed by atoms with Gasteiger partial charge in [-0.15, -0.1) is 0 Å². The molecule has 1 aromatic rings. The molecule has 1 amide bonds. The van der Waals surface area contributed by atoms with Gasteiger partial charge in [-0.25, -0.2) is 0 Å². The maximum atomic E-state index is 12.4. The molecule has 0 aliphatic carbocycles.